The van der Waals surface area contributed by atoms with Crippen molar-refractivity contribution in [3.05, 3.63) is 30.3 Å². The van der Waals surface area contributed by atoms with Gasteiger partial charge in [0.15, 0.2) is 0 Å². The second kappa shape index (κ2) is 10.4. The number of piperazine rings is 1. The number of carbonyl (C=O) groups is 1. The van der Waals surface area contributed by atoms with Crippen molar-refractivity contribution in [2.45, 2.75) is 32.7 Å². The van der Waals surface area contributed by atoms with E-state index in [9.17, 15) is 4.79 Å². The predicted octanol–water partition coefficient (Wildman–Crippen LogP) is 2.23. The first-order valence-corrected chi connectivity index (χ1v) is 9.41. The van der Waals surface area contributed by atoms with Crippen LogP contribution in [0.4, 0.5) is 0 Å². The van der Waals surface area contributed by atoms with Crippen molar-refractivity contribution < 1.29 is 9.53 Å². The first-order valence-electron chi connectivity index (χ1n) is 9.41. The summed E-state index contributed by atoms with van der Waals surface area (Å²) in [6.07, 6.45) is 1.51. The molecule has 1 saturated heterocycles. The Morgan fingerprint density at radius 3 is 2.48 bits per heavy atom. The molecule has 140 valence electrons. The predicted molar refractivity (Wildman–Crippen MR) is 102 cm³/mol. The van der Waals surface area contributed by atoms with Crippen LogP contribution in [0.5, 0.6) is 5.75 Å². The van der Waals surface area contributed by atoms with Gasteiger partial charge in [0.2, 0.25) is 5.91 Å². The standard InChI is InChI=1S/C20H33N3O2/c1-17(2)15-18(23-12-10-22(3)11-13-23)16-21-20(24)9-14-25-19-7-5-4-6-8-19/h4-8,17-18H,9-16H2,1-3H3,(H,21,24). The van der Waals surface area contributed by atoms with Crippen LogP contribution in [0.3, 0.4) is 0 Å². The quantitative estimate of drug-likeness (QED) is 0.744. The van der Waals surface area contributed by atoms with E-state index in [2.05, 4.69) is 36.0 Å². The summed E-state index contributed by atoms with van der Waals surface area (Å²) >= 11 is 0. The van der Waals surface area contributed by atoms with Crippen LogP contribution < -0.4 is 10.1 Å². The lowest BCUT2D eigenvalue weighted by Gasteiger charge is -2.38. The molecule has 1 N–H and O–H groups in total. The molecule has 1 heterocycles. The van der Waals surface area contributed by atoms with Crippen LogP contribution in [0.1, 0.15) is 26.7 Å². The summed E-state index contributed by atoms with van der Waals surface area (Å²) in [5.41, 5.74) is 0. The zero-order valence-electron chi connectivity index (χ0n) is 15.9. The van der Waals surface area contributed by atoms with Gasteiger partial charge in [-0.25, -0.2) is 0 Å². The van der Waals surface area contributed by atoms with Gasteiger partial charge in [-0.1, -0.05) is 32.0 Å². The van der Waals surface area contributed by atoms with Crippen molar-refractivity contribution in [1.82, 2.24) is 15.1 Å². The van der Waals surface area contributed by atoms with Gasteiger partial charge in [-0.05, 0) is 31.5 Å². The fraction of sp³-hybridized carbons (Fsp3) is 0.650. The molecular weight excluding hydrogens is 314 g/mol. The molecule has 1 amide bonds. The zero-order valence-corrected chi connectivity index (χ0v) is 15.9. The molecule has 1 fully saturated rings. The first kappa shape index (κ1) is 19.7. The van der Waals surface area contributed by atoms with Gasteiger partial charge in [-0.3, -0.25) is 9.69 Å². The van der Waals surface area contributed by atoms with Gasteiger partial charge < -0.3 is 15.0 Å². The molecule has 1 aliphatic rings. The van der Waals surface area contributed by atoms with Crippen molar-refractivity contribution in [3.8, 4) is 5.75 Å². The van der Waals surface area contributed by atoms with Gasteiger partial charge in [-0.15, -0.1) is 0 Å². The first-order chi connectivity index (χ1) is 12.0. The Morgan fingerprint density at radius 2 is 1.84 bits per heavy atom. The molecule has 0 aliphatic carbocycles. The van der Waals surface area contributed by atoms with Crippen LogP contribution in [-0.2, 0) is 4.79 Å². The molecule has 25 heavy (non-hydrogen) atoms. The number of ether oxygens (including phenoxy) is 1. The number of nitrogens with zero attached hydrogens (tertiary/aromatic N) is 2. The molecule has 2 rings (SSSR count). The van der Waals surface area contributed by atoms with Crippen molar-refractivity contribution in [2.24, 2.45) is 5.92 Å². The monoisotopic (exact) mass is 347 g/mol. The Morgan fingerprint density at radius 1 is 1.16 bits per heavy atom. The summed E-state index contributed by atoms with van der Waals surface area (Å²) in [5.74, 6) is 1.51. The van der Waals surface area contributed by atoms with Crippen LogP contribution in [-0.4, -0.2) is 68.1 Å². The second-order valence-corrected chi connectivity index (χ2v) is 7.34. The van der Waals surface area contributed by atoms with Crippen molar-refractivity contribution in [2.75, 3.05) is 46.4 Å². The molecule has 1 aromatic carbocycles. The Labute approximate surface area is 152 Å². The van der Waals surface area contributed by atoms with Gasteiger partial charge >= 0.3 is 0 Å². The molecule has 1 aromatic rings. The highest BCUT2D eigenvalue weighted by Crippen LogP contribution is 2.13. The summed E-state index contributed by atoms with van der Waals surface area (Å²) < 4.78 is 5.60. The summed E-state index contributed by atoms with van der Waals surface area (Å²) in [7, 11) is 2.17. The maximum Gasteiger partial charge on any atom is 0.223 e. The number of rotatable bonds is 9. The lowest BCUT2D eigenvalue weighted by atomic mass is 10.0. The van der Waals surface area contributed by atoms with Crippen LogP contribution in [0, 0.1) is 5.92 Å². The number of hydrogen-bond donors (Lipinski definition) is 1. The number of nitrogens with one attached hydrogen (secondary N) is 1. The van der Waals surface area contributed by atoms with Gasteiger partial charge in [0.1, 0.15) is 5.75 Å². The zero-order chi connectivity index (χ0) is 18.1. The lowest BCUT2D eigenvalue weighted by Crippen LogP contribution is -2.52. The molecule has 0 spiro atoms. The van der Waals surface area contributed by atoms with Crippen LogP contribution in [0.25, 0.3) is 0 Å². The highest BCUT2D eigenvalue weighted by atomic mass is 16.5. The second-order valence-electron chi connectivity index (χ2n) is 7.34. The maximum absolute atomic E-state index is 12.1. The van der Waals surface area contributed by atoms with E-state index >= 15 is 0 Å². The molecule has 1 unspecified atom stereocenters. The van der Waals surface area contributed by atoms with E-state index in [-0.39, 0.29) is 5.91 Å². The van der Waals surface area contributed by atoms with E-state index in [1.54, 1.807) is 0 Å². The molecule has 5 nitrogen and oxygen atoms in total. The topological polar surface area (TPSA) is 44.8 Å². The normalized spacial score (nSPS) is 17.4. The van der Waals surface area contributed by atoms with Gasteiger partial charge in [0.05, 0.1) is 13.0 Å². The van der Waals surface area contributed by atoms with Crippen molar-refractivity contribution in [1.29, 1.82) is 0 Å². The Bertz CT molecular complexity index is 499. The van der Waals surface area contributed by atoms with Gasteiger partial charge in [-0.2, -0.15) is 0 Å². The Hall–Kier alpha value is -1.59. The number of para-hydroxylation sites is 1. The van der Waals surface area contributed by atoms with E-state index < -0.39 is 0 Å². The summed E-state index contributed by atoms with van der Waals surface area (Å²) in [6, 6.07) is 10.1. The number of hydrogen-bond acceptors (Lipinski definition) is 4. The summed E-state index contributed by atoms with van der Waals surface area (Å²) in [4.78, 5) is 17.0. The highest BCUT2D eigenvalue weighted by Gasteiger charge is 2.23. The SMILES string of the molecule is CC(C)CC(CNC(=O)CCOc1ccccc1)N1CCN(C)CC1. The molecule has 0 bridgehead atoms. The van der Waals surface area contributed by atoms with Gasteiger partial charge in [0, 0.05) is 38.8 Å². The molecular formula is C20H33N3O2. The van der Waals surface area contributed by atoms with E-state index in [0.717, 1.165) is 44.9 Å². The van der Waals surface area contributed by atoms with E-state index in [1.807, 2.05) is 30.3 Å². The third kappa shape index (κ3) is 7.45. The Balaban J connectivity index is 1.72. The molecule has 1 aliphatic heterocycles. The smallest absolute Gasteiger partial charge is 0.223 e. The van der Waals surface area contributed by atoms with E-state index in [0.29, 0.717) is 25.0 Å². The molecule has 0 radical (unpaired) electrons. The number of carbonyl (C=O) groups excluding carboxylic acids is 1. The van der Waals surface area contributed by atoms with Crippen LogP contribution in [0.15, 0.2) is 30.3 Å². The lowest BCUT2D eigenvalue weighted by molar-refractivity contribution is -0.121. The number of likely N-dealkylation sites (N-methyl/N-ethyl adjacent to an activating group) is 1. The molecule has 5 heteroatoms. The average Bonchev–Trinajstić information content (AvgIpc) is 2.60. The fourth-order valence-electron chi connectivity index (χ4n) is 3.19. The third-order valence-corrected chi connectivity index (χ3v) is 4.67. The minimum absolute atomic E-state index is 0.0683. The highest BCUT2D eigenvalue weighted by molar-refractivity contribution is 5.76. The maximum atomic E-state index is 12.1. The molecule has 1 atom stereocenters. The summed E-state index contributed by atoms with van der Waals surface area (Å²) in [6.45, 7) is 10.0. The summed E-state index contributed by atoms with van der Waals surface area (Å²) in [5, 5.41) is 3.11. The molecule has 0 aromatic heterocycles. The van der Waals surface area contributed by atoms with Crippen molar-refractivity contribution in [3.63, 3.8) is 0 Å². The van der Waals surface area contributed by atoms with Crippen LogP contribution in [0.2, 0.25) is 0 Å². The largest absolute Gasteiger partial charge is 0.493 e. The van der Waals surface area contributed by atoms with E-state index in [4.69, 9.17) is 4.74 Å². The molecule has 0 saturated carbocycles. The Kier molecular flexibility index (Phi) is 8.22. The average molecular weight is 348 g/mol. The minimum Gasteiger partial charge on any atom is -0.493 e. The third-order valence-electron chi connectivity index (χ3n) is 4.67. The number of amides is 1. The fourth-order valence-corrected chi connectivity index (χ4v) is 3.19. The van der Waals surface area contributed by atoms with Crippen LogP contribution >= 0.6 is 0 Å². The van der Waals surface area contributed by atoms with E-state index in [1.165, 1.54) is 0 Å². The number of benzene rings is 1. The van der Waals surface area contributed by atoms with Gasteiger partial charge in [0.25, 0.3) is 0 Å². The van der Waals surface area contributed by atoms with Crippen molar-refractivity contribution >= 4 is 5.91 Å². The minimum atomic E-state index is 0.0683.